The van der Waals surface area contributed by atoms with Gasteiger partial charge in [-0.25, -0.2) is 4.98 Å². The zero-order valence-electron chi connectivity index (χ0n) is 14.9. The number of nitro groups is 1. The van der Waals surface area contributed by atoms with Gasteiger partial charge in [0.2, 0.25) is 0 Å². The highest BCUT2D eigenvalue weighted by Gasteiger charge is 2.31. The Morgan fingerprint density at radius 1 is 1.11 bits per heavy atom. The Morgan fingerprint density at radius 3 is 2.25 bits per heavy atom. The van der Waals surface area contributed by atoms with Crippen molar-refractivity contribution >= 4 is 23.0 Å². The van der Waals surface area contributed by atoms with Crippen LogP contribution in [0.5, 0.6) is 0 Å². The van der Waals surface area contributed by atoms with E-state index in [-0.39, 0.29) is 17.0 Å². The molecule has 2 heterocycles. The highest BCUT2D eigenvalue weighted by Crippen LogP contribution is 2.32. The fourth-order valence-electron chi connectivity index (χ4n) is 3.07. The van der Waals surface area contributed by atoms with Gasteiger partial charge in [-0.2, -0.15) is 13.2 Å². The summed E-state index contributed by atoms with van der Waals surface area (Å²) in [5, 5.41) is 11.4. The molecule has 1 fully saturated rings. The Bertz CT molecular complexity index is 892. The van der Waals surface area contributed by atoms with Gasteiger partial charge >= 0.3 is 6.18 Å². The Labute approximate surface area is 158 Å². The van der Waals surface area contributed by atoms with E-state index in [1.807, 2.05) is 9.80 Å². The second-order valence-electron chi connectivity index (χ2n) is 6.39. The number of nitrogens with zero attached hydrogens (tertiary/aromatic N) is 4. The summed E-state index contributed by atoms with van der Waals surface area (Å²) in [5.41, 5.74) is -0.275. The SMILES string of the molecule is CC(=O)c1ccc(N2CCN(c3ccc(C(F)(F)F)cn3)CC2)c([N+](=O)[O-])c1. The third kappa shape index (κ3) is 4.05. The molecular weight excluding hydrogens is 377 g/mol. The molecule has 0 unspecified atom stereocenters. The Morgan fingerprint density at radius 2 is 1.75 bits per heavy atom. The van der Waals surface area contributed by atoms with Crippen molar-refractivity contribution in [2.75, 3.05) is 36.0 Å². The molecule has 28 heavy (non-hydrogen) atoms. The summed E-state index contributed by atoms with van der Waals surface area (Å²) in [7, 11) is 0. The summed E-state index contributed by atoms with van der Waals surface area (Å²) in [6.07, 6.45) is -3.64. The first-order chi connectivity index (χ1) is 13.2. The van der Waals surface area contributed by atoms with Crippen molar-refractivity contribution < 1.29 is 22.9 Å². The summed E-state index contributed by atoms with van der Waals surface area (Å²) in [6, 6.07) is 6.68. The van der Waals surface area contributed by atoms with Gasteiger partial charge in [0, 0.05) is 44.0 Å². The lowest BCUT2D eigenvalue weighted by Gasteiger charge is -2.36. The van der Waals surface area contributed by atoms with Crippen LogP contribution in [0.25, 0.3) is 0 Å². The molecule has 0 atom stereocenters. The quantitative estimate of drug-likeness (QED) is 0.448. The number of anilines is 2. The van der Waals surface area contributed by atoms with Crippen LogP contribution in [0.4, 0.5) is 30.4 Å². The van der Waals surface area contributed by atoms with Crippen LogP contribution < -0.4 is 9.80 Å². The van der Waals surface area contributed by atoms with Gasteiger partial charge in [-0.15, -0.1) is 0 Å². The van der Waals surface area contributed by atoms with Gasteiger partial charge < -0.3 is 9.80 Å². The number of hydrogen-bond acceptors (Lipinski definition) is 6. The molecule has 0 saturated carbocycles. The van der Waals surface area contributed by atoms with Crippen molar-refractivity contribution in [2.24, 2.45) is 0 Å². The smallest absolute Gasteiger partial charge is 0.362 e. The third-order valence-corrected chi connectivity index (χ3v) is 4.60. The number of piperazine rings is 1. The number of halogens is 3. The first kappa shape index (κ1) is 19.6. The number of Topliss-reactive ketones (excluding diaryl/α,β-unsaturated/α-hetero) is 1. The van der Waals surface area contributed by atoms with Crippen LogP contribution >= 0.6 is 0 Å². The van der Waals surface area contributed by atoms with Crippen molar-refractivity contribution in [1.29, 1.82) is 0 Å². The van der Waals surface area contributed by atoms with E-state index >= 15 is 0 Å². The van der Waals surface area contributed by atoms with E-state index in [1.54, 1.807) is 12.1 Å². The minimum Gasteiger partial charge on any atom is -0.362 e. The molecule has 3 rings (SSSR count). The first-order valence-electron chi connectivity index (χ1n) is 8.49. The molecule has 0 N–H and O–H groups in total. The summed E-state index contributed by atoms with van der Waals surface area (Å²) in [4.78, 5) is 29.9. The fourth-order valence-corrected chi connectivity index (χ4v) is 3.07. The second-order valence-corrected chi connectivity index (χ2v) is 6.39. The van der Waals surface area contributed by atoms with E-state index in [2.05, 4.69) is 4.98 Å². The molecule has 0 amide bonds. The van der Waals surface area contributed by atoms with Gasteiger partial charge in [0.05, 0.1) is 10.5 Å². The summed E-state index contributed by atoms with van der Waals surface area (Å²) in [5.74, 6) is 0.168. The van der Waals surface area contributed by atoms with E-state index < -0.39 is 16.7 Å². The number of carbonyl (C=O) groups is 1. The lowest BCUT2D eigenvalue weighted by molar-refractivity contribution is -0.384. The lowest BCUT2D eigenvalue weighted by Crippen LogP contribution is -2.47. The van der Waals surface area contributed by atoms with Gasteiger partial charge in [-0.3, -0.25) is 14.9 Å². The van der Waals surface area contributed by atoms with Crippen molar-refractivity contribution in [3.05, 3.63) is 57.8 Å². The Balaban J connectivity index is 1.73. The number of carbonyl (C=O) groups excluding carboxylic acids is 1. The molecule has 10 heteroatoms. The average Bonchev–Trinajstić information content (AvgIpc) is 2.67. The van der Waals surface area contributed by atoms with Crippen molar-refractivity contribution in [3.8, 4) is 0 Å². The maximum absolute atomic E-state index is 12.6. The molecule has 0 aliphatic carbocycles. The zero-order valence-corrected chi connectivity index (χ0v) is 14.9. The molecule has 0 spiro atoms. The van der Waals surface area contributed by atoms with Crippen LogP contribution in [0.3, 0.4) is 0 Å². The van der Waals surface area contributed by atoms with Crippen molar-refractivity contribution in [3.63, 3.8) is 0 Å². The first-order valence-corrected chi connectivity index (χ1v) is 8.49. The predicted octanol–water partition coefficient (Wildman–Crippen LogP) is 3.54. The van der Waals surface area contributed by atoms with Crippen LogP contribution in [0.1, 0.15) is 22.8 Å². The monoisotopic (exact) mass is 394 g/mol. The van der Waals surface area contributed by atoms with Gasteiger partial charge in [0.25, 0.3) is 5.69 Å². The summed E-state index contributed by atoms with van der Waals surface area (Å²) in [6.45, 7) is 3.11. The second kappa shape index (κ2) is 7.45. The van der Waals surface area contributed by atoms with E-state index in [4.69, 9.17) is 0 Å². The Kier molecular flexibility index (Phi) is 5.21. The summed E-state index contributed by atoms with van der Waals surface area (Å²) >= 11 is 0. The molecule has 1 aliphatic heterocycles. The fraction of sp³-hybridized carbons (Fsp3) is 0.333. The number of rotatable bonds is 4. The van der Waals surface area contributed by atoms with Crippen molar-refractivity contribution in [1.82, 2.24) is 4.98 Å². The number of aromatic nitrogens is 1. The molecule has 1 saturated heterocycles. The normalized spacial score (nSPS) is 14.9. The molecule has 0 radical (unpaired) electrons. The zero-order chi connectivity index (χ0) is 20.5. The number of hydrogen-bond donors (Lipinski definition) is 0. The van der Waals surface area contributed by atoms with Crippen LogP contribution in [0, 0.1) is 10.1 Å². The van der Waals surface area contributed by atoms with E-state index in [0.717, 1.165) is 12.3 Å². The Hall–Kier alpha value is -3.17. The van der Waals surface area contributed by atoms with E-state index in [1.165, 1.54) is 19.1 Å². The molecule has 0 bridgehead atoms. The maximum atomic E-state index is 12.6. The number of pyridine rings is 1. The largest absolute Gasteiger partial charge is 0.417 e. The molecule has 2 aromatic rings. The predicted molar refractivity (Wildman–Crippen MR) is 96.8 cm³/mol. The molecule has 148 valence electrons. The van der Waals surface area contributed by atoms with E-state index in [9.17, 15) is 28.1 Å². The van der Waals surface area contributed by atoms with E-state index in [0.29, 0.717) is 37.7 Å². The summed E-state index contributed by atoms with van der Waals surface area (Å²) < 4.78 is 37.9. The van der Waals surface area contributed by atoms with Crippen LogP contribution in [0.2, 0.25) is 0 Å². The molecular formula is C18H17F3N4O3. The standard InChI is InChI=1S/C18H17F3N4O3/c1-12(26)13-2-4-15(16(10-13)25(27)28)23-6-8-24(9-7-23)17-5-3-14(11-22-17)18(19,20)21/h2-5,10-11H,6-9H2,1H3. The highest BCUT2D eigenvalue weighted by atomic mass is 19.4. The van der Waals surface area contributed by atoms with Crippen LogP contribution in [0.15, 0.2) is 36.5 Å². The minimum absolute atomic E-state index is 0.145. The van der Waals surface area contributed by atoms with Crippen LogP contribution in [-0.2, 0) is 6.18 Å². The molecule has 7 nitrogen and oxygen atoms in total. The number of nitro benzene ring substituents is 1. The highest BCUT2D eigenvalue weighted by molar-refractivity contribution is 5.95. The average molecular weight is 394 g/mol. The molecule has 1 aromatic heterocycles. The lowest BCUT2D eigenvalue weighted by atomic mass is 10.1. The minimum atomic E-state index is -4.44. The topological polar surface area (TPSA) is 79.6 Å². The van der Waals surface area contributed by atoms with Gasteiger partial charge in [-0.05, 0) is 31.2 Å². The number of benzene rings is 1. The molecule has 1 aromatic carbocycles. The van der Waals surface area contributed by atoms with Gasteiger partial charge in [-0.1, -0.05) is 0 Å². The van der Waals surface area contributed by atoms with Crippen molar-refractivity contribution in [2.45, 2.75) is 13.1 Å². The number of ketones is 1. The third-order valence-electron chi connectivity index (χ3n) is 4.60. The maximum Gasteiger partial charge on any atom is 0.417 e. The van der Waals surface area contributed by atoms with Crippen LogP contribution in [-0.4, -0.2) is 41.9 Å². The number of alkyl halides is 3. The van der Waals surface area contributed by atoms with Gasteiger partial charge in [0.1, 0.15) is 11.5 Å². The van der Waals surface area contributed by atoms with Gasteiger partial charge in [0.15, 0.2) is 5.78 Å². The molecule has 1 aliphatic rings.